The summed E-state index contributed by atoms with van der Waals surface area (Å²) in [5, 5.41) is 24.6. The van der Waals surface area contributed by atoms with Crippen LogP contribution in [0.2, 0.25) is 0 Å². The molecule has 0 aliphatic carbocycles. The number of aliphatic carboxylic acids is 1. The highest BCUT2D eigenvalue weighted by Gasteiger charge is 2.21. The van der Waals surface area contributed by atoms with Gasteiger partial charge in [-0.3, -0.25) is 15.0 Å². The number of nitrogens with two attached hydrogens (primary N) is 2. The first-order valence-corrected chi connectivity index (χ1v) is 9.46. The van der Waals surface area contributed by atoms with E-state index in [4.69, 9.17) is 16.9 Å². The van der Waals surface area contributed by atoms with Crippen molar-refractivity contribution in [1.82, 2.24) is 20.9 Å². The third-order valence-corrected chi connectivity index (χ3v) is 4.49. The number of guanidine groups is 1. The van der Waals surface area contributed by atoms with Crippen molar-refractivity contribution in [3.63, 3.8) is 0 Å². The van der Waals surface area contributed by atoms with E-state index in [1.165, 1.54) is 0 Å². The van der Waals surface area contributed by atoms with Crippen LogP contribution in [-0.4, -0.2) is 59.0 Å². The molecule has 2 amide bonds. The lowest BCUT2D eigenvalue weighted by Gasteiger charge is -2.16. The molecule has 10 N–H and O–H groups in total. The highest BCUT2D eigenvalue weighted by atomic mass is 16.4. The molecule has 0 aliphatic heterocycles. The van der Waals surface area contributed by atoms with Gasteiger partial charge in [0.1, 0.15) is 6.04 Å². The van der Waals surface area contributed by atoms with Crippen LogP contribution >= 0.6 is 0 Å². The highest BCUT2D eigenvalue weighted by Crippen LogP contribution is 2.18. The molecule has 2 atom stereocenters. The Kier molecular flexibility index (Phi) is 8.18. The minimum Gasteiger partial charge on any atom is -0.480 e. The van der Waals surface area contributed by atoms with Gasteiger partial charge in [0.15, 0.2) is 5.96 Å². The van der Waals surface area contributed by atoms with Crippen molar-refractivity contribution >= 4 is 34.6 Å². The number of para-hydroxylation sites is 1. The Morgan fingerprint density at radius 2 is 1.93 bits per heavy atom. The Hall–Kier alpha value is -3.60. The van der Waals surface area contributed by atoms with Gasteiger partial charge in [0, 0.05) is 23.6 Å². The Labute approximate surface area is 173 Å². The van der Waals surface area contributed by atoms with Crippen molar-refractivity contribution in [3.8, 4) is 0 Å². The first-order chi connectivity index (χ1) is 14.3. The van der Waals surface area contributed by atoms with E-state index in [9.17, 15) is 19.5 Å². The van der Waals surface area contributed by atoms with Crippen molar-refractivity contribution in [1.29, 1.82) is 5.41 Å². The lowest BCUT2D eigenvalue weighted by Crippen LogP contribution is -2.49. The Morgan fingerprint density at radius 3 is 2.63 bits per heavy atom. The monoisotopic (exact) mass is 417 g/mol. The maximum Gasteiger partial charge on any atom is 0.326 e. The van der Waals surface area contributed by atoms with Crippen LogP contribution in [0, 0.1) is 5.41 Å². The summed E-state index contributed by atoms with van der Waals surface area (Å²) in [6.45, 7) is -0.0652. The Bertz CT molecular complexity index is 911. The van der Waals surface area contributed by atoms with Gasteiger partial charge in [-0.2, -0.15) is 0 Å². The molecule has 30 heavy (non-hydrogen) atoms. The van der Waals surface area contributed by atoms with Crippen LogP contribution in [0.25, 0.3) is 10.9 Å². The van der Waals surface area contributed by atoms with Gasteiger partial charge in [0.2, 0.25) is 11.8 Å². The fourth-order valence-corrected chi connectivity index (χ4v) is 2.96. The molecule has 0 unspecified atom stereocenters. The van der Waals surface area contributed by atoms with Gasteiger partial charge in [0.25, 0.3) is 0 Å². The fraction of sp³-hybridized carbons (Fsp3) is 0.368. The Morgan fingerprint density at radius 1 is 1.20 bits per heavy atom. The summed E-state index contributed by atoms with van der Waals surface area (Å²) in [5.41, 5.74) is 12.9. The van der Waals surface area contributed by atoms with Crippen LogP contribution in [0.4, 0.5) is 0 Å². The Balaban J connectivity index is 1.78. The van der Waals surface area contributed by atoms with Gasteiger partial charge in [-0.25, -0.2) is 4.79 Å². The predicted molar refractivity (Wildman–Crippen MR) is 112 cm³/mol. The average Bonchev–Trinajstić information content (AvgIpc) is 3.11. The number of aromatic nitrogens is 1. The number of carbonyl (C=O) groups is 3. The van der Waals surface area contributed by atoms with E-state index < -0.39 is 29.9 Å². The molecule has 0 radical (unpaired) electrons. The summed E-state index contributed by atoms with van der Waals surface area (Å²) < 4.78 is 0. The number of carboxylic acids is 1. The maximum atomic E-state index is 12.2. The first-order valence-electron chi connectivity index (χ1n) is 9.46. The highest BCUT2D eigenvalue weighted by molar-refractivity contribution is 5.90. The van der Waals surface area contributed by atoms with Gasteiger partial charge in [0.05, 0.1) is 12.6 Å². The van der Waals surface area contributed by atoms with Crippen LogP contribution < -0.4 is 27.4 Å². The predicted octanol–water partition coefficient (Wildman–Crippen LogP) is -1.01. The first kappa shape index (κ1) is 22.7. The third kappa shape index (κ3) is 6.78. The molecule has 2 rings (SSSR count). The smallest absolute Gasteiger partial charge is 0.326 e. The van der Waals surface area contributed by atoms with Crippen LogP contribution in [0.3, 0.4) is 0 Å². The quantitative estimate of drug-likeness (QED) is 0.130. The normalized spacial score (nSPS) is 12.7. The minimum atomic E-state index is -1.19. The summed E-state index contributed by atoms with van der Waals surface area (Å²) in [6.07, 6.45) is 2.62. The van der Waals surface area contributed by atoms with E-state index in [1.54, 1.807) is 6.20 Å². The van der Waals surface area contributed by atoms with Gasteiger partial charge in [-0.1, -0.05) is 18.2 Å². The topological polar surface area (TPSA) is 199 Å². The largest absolute Gasteiger partial charge is 0.480 e. The van der Waals surface area contributed by atoms with E-state index in [0.29, 0.717) is 19.4 Å². The molecule has 0 saturated carbocycles. The van der Waals surface area contributed by atoms with Gasteiger partial charge in [-0.15, -0.1) is 0 Å². The number of benzene rings is 1. The summed E-state index contributed by atoms with van der Waals surface area (Å²) >= 11 is 0. The van der Waals surface area contributed by atoms with Gasteiger partial charge >= 0.3 is 5.97 Å². The van der Waals surface area contributed by atoms with Crippen molar-refractivity contribution in [2.24, 2.45) is 11.5 Å². The standard InChI is InChI=1S/C19H27N7O4/c20-13(8-11-9-24-14-5-2-1-4-12(11)14)17(28)25-10-16(27)26-15(18(29)30)6-3-7-23-19(21)22/h1-2,4-5,9,13,15,24H,3,6-8,10,20H2,(H,25,28)(H,26,27)(H,29,30)(H4,21,22,23)/t13-,15-/m0/s1. The average molecular weight is 417 g/mol. The number of amides is 2. The third-order valence-electron chi connectivity index (χ3n) is 4.49. The zero-order valence-electron chi connectivity index (χ0n) is 16.4. The number of carbonyl (C=O) groups excluding carboxylic acids is 2. The van der Waals surface area contributed by atoms with E-state index >= 15 is 0 Å². The molecule has 1 aromatic carbocycles. The maximum absolute atomic E-state index is 12.2. The van der Waals surface area contributed by atoms with Crippen LogP contribution in [0.1, 0.15) is 18.4 Å². The summed E-state index contributed by atoms with van der Waals surface area (Å²) in [4.78, 5) is 38.6. The van der Waals surface area contributed by atoms with E-state index in [1.807, 2.05) is 24.3 Å². The summed E-state index contributed by atoms with van der Waals surface area (Å²) in [6, 6.07) is 5.68. The second-order valence-electron chi connectivity index (χ2n) is 6.83. The van der Waals surface area contributed by atoms with Gasteiger partial charge < -0.3 is 37.5 Å². The molecule has 11 nitrogen and oxygen atoms in total. The molecular formula is C19H27N7O4. The fourth-order valence-electron chi connectivity index (χ4n) is 2.96. The lowest BCUT2D eigenvalue weighted by atomic mass is 10.1. The van der Waals surface area contributed by atoms with Crippen LogP contribution in [0.15, 0.2) is 30.5 Å². The molecule has 2 aromatic rings. The number of rotatable bonds is 11. The van der Waals surface area contributed by atoms with Crippen molar-refractivity contribution in [2.75, 3.05) is 13.1 Å². The molecule has 0 saturated heterocycles. The zero-order valence-corrected chi connectivity index (χ0v) is 16.4. The van der Waals surface area contributed by atoms with Crippen LogP contribution in [0.5, 0.6) is 0 Å². The van der Waals surface area contributed by atoms with Crippen molar-refractivity contribution in [3.05, 3.63) is 36.0 Å². The number of hydrogen-bond donors (Lipinski definition) is 8. The van der Waals surface area contributed by atoms with E-state index in [2.05, 4.69) is 20.9 Å². The van der Waals surface area contributed by atoms with Gasteiger partial charge in [-0.05, 0) is 30.9 Å². The molecule has 0 bridgehead atoms. The number of fused-ring (bicyclic) bond motifs is 1. The molecule has 1 aromatic heterocycles. The molecule has 1 heterocycles. The lowest BCUT2D eigenvalue weighted by molar-refractivity contribution is -0.141. The van der Waals surface area contributed by atoms with E-state index in [0.717, 1.165) is 16.5 Å². The summed E-state index contributed by atoms with van der Waals surface area (Å²) in [7, 11) is 0. The summed E-state index contributed by atoms with van der Waals surface area (Å²) in [5.74, 6) is -2.53. The molecule has 162 valence electrons. The number of nitrogens with one attached hydrogen (secondary N) is 5. The van der Waals surface area contributed by atoms with Crippen molar-refractivity contribution in [2.45, 2.75) is 31.3 Å². The number of aromatic amines is 1. The number of carboxylic acid groups (broad SMARTS) is 1. The molecule has 0 aliphatic rings. The molecule has 0 spiro atoms. The minimum absolute atomic E-state index is 0.148. The molecule has 11 heteroatoms. The SMILES string of the molecule is N=C(N)NCCC[C@H](NC(=O)CNC(=O)[C@@H](N)Cc1c[nH]c2ccccc12)C(=O)O. The second-order valence-corrected chi connectivity index (χ2v) is 6.83. The molecule has 0 fully saturated rings. The number of hydrogen-bond acceptors (Lipinski definition) is 5. The molecular weight excluding hydrogens is 390 g/mol. The second kappa shape index (κ2) is 10.8. The van der Waals surface area contributed by atoms with Crippen LogP contribution in [-0.2, 0) is 20.8 Å². The number of H-pyrrole nitrogens is 1. The van der Waals surface area contributed by atoms with E-state index in [-0.39, 0.29) is 18.9 Å². The van der Waals surface area contributed by atoms with Crippen molar-refractivity contribution < 1.29 is 19.5 Å². The zero-order chi connectivity index (χ0) is 22.1.